The number of ether oxygens (including phenoxy) is 1. The third-order valence-electron chi connectivity index (χ3n) is 3.62. The summed E-state index contributed by atoms with van der Waals surface area (Å²) in [6, 6.07) is 9.90. The third-order valence-corrected chi connectivity index (χ3v) is 3.62. The van der Waals surface area contributed by atoms with Crippen LogP contribution in [0.15, 0.2) is 47.7 Å². The minimum Gasteiger partial charge on any atom is -0.496 e. The Balaban J connectivity index is 1.90. The third kappa shape index (κ3) is 5.61. The topological polar surface area (TPSA) is 63.5 Å². The smallest absolute Gasteiger partial charge is 0.191 e. The number of para-hydroxylation sites is 1. The van der Waals surface area contributed by atoms with Gasteiger partial charge in [-0.15, -0.1) is 0 Å². The van der Waals surface area contributed by atoms with Gasteiger partial charge in [-0.1, -0.05) is 25.1 Å². The lowest BCUT2D eigenvalue weighted by Crippen LogP contribution is -2.40. The largest absolute Gasteiger partial charge is 0.496 e. The van der Waals surface area contributed by atoms with E-state index in [0.717, 1.165) is 36.9 Å². The molecule has 1 aromatic heterocycles. The van der Waals surface area contributed by atoms with Crippen molar-refractivity contribution in [3.05, 3.63) is 48.3 Å². The summed E-state index contributed by atoms with van der Waals surface area (Å²) in [6.45, 7) is 7.37. The molecule has 6 nitrogen and oxygen atoms in total. The standard InChI is InChI=1S/C18H27N5O/c1-4-19-18(20-12-15(2)14-23-11-7-10-22-23)21-13-16-8-5-6-9-17(16)24-3/h5-11,15H,4,12-14H2,1-3H3,(H2,19,20,21). The van der Waals surface area contributed by atoms with Crippen molar-refractivity contribution in [1.82, 2.24) is 20.4 Å². The number of hydrogen-bond acceptors (Lipinski definition) is 3. The number of nitrogens with one attached hydrogen (secondary N) is 2. The van der Waals surface area contributed by atoms with Gasteiger partial charge in [0.25, 0.3) is 0 Å². The second kappa shape index (κ2) is 9.60. The van der Waals surface area contributed by atoms with Crippen molar-refractivity contribution in [3.63, 3.8) is 0 Å². The molecule has 0 fully saturated rings. The van der Waals surface area contributed by atoms with Crippen LogP contribution in [-0.4, -0.2) is 35.9 Å². The SMILES string of the molecule is CCNC(=NCc1ccccc1OC)NCC(C)Cn1cccn1. The van der Waals surface area contributed by atoms with E-state index in [2.05, 4.69) is 34.6 Å². The molecule has 6 heteroatoms. The maximum atomic E-state index is 5.37. The highest BCUT2D eigenvalue weighted by Crippen LogP contribution is 2.17. The Hall–Kier alpha value is -2.50. The van der Waals surface area contributed by atoms with Crippen molar-refractivity contribution in [1.29, 1.82) is 0 Å². The van der Waals surface area contributed by atoms with E-state index in [9.17, 15) is 0 Å². The van der Waals surface area contributed by atoms with Gasteiger partial charge in [-0.25, -0.2) is 4.99 Å². The van der Waals surface area contributed by atoms with E-state index < -0.39 is 0 Å². The molecule has 130 valence electrons. The first kappa shape index (κ1) is 17.8. The van der Waals surface area contributed by atoms with E-state index in [1.54, 1.807) is 13.3 Å². The van der Waals surface area contributed by atoms with Crippen LogP contribution in [0, 0.1) is 5.92 Å². The zero-order chi connectivity index (χ0) is 17.2. The van der Waals surface area contributed by atoms with E-state index in [1.165, 1.54) is 0 Å². The second-order valence-corrected chi connectivity index (χ2v) is 5.72. The number of nitrogens with zero attached hydrogens (tertiary/aromatic N) is 3. The normalized spacial score (nSPS) is 12.7. The zero-order valence-corrected chi connectivity index (χ0v) is 14.7. The molecule has 0 radical (unpaired) electrons. The summed E-state index contributed by atoms with van der Waals surface area (Å²) in [7, 11) is 1.68. The molecule has 1 unspecified atom stereocenters. The summed E-state index contributed by atoms with van der Waals surface area (Å²) in [5.74, 6) is 2.12. The van der Waals surface area contributed by atoms with Crippen LogP contribution in [0.2, 0.25) is 0 Å². The Morgan fingerprint density at radius 2 is 2.12 bits per heavy atom. The number of aromatic nitrogens is 2. The van der Waals surface area contributed by atoms with Gasteiger partial charge < -0.3 is 15.4 Å². The summed E-state index contributed by atoms with van der Waals surface area (Å²) in [6.07, 6.45) is 3.79. The molecule has 1 atom stereocenters. The minimum atomic E-state index is 0.444. The molecule has 0 aliphatic rings. The Morgan fingerprint density at radius 1 is 1.29 bits per heavy atom. The summed E-state index contributed by atoms with van der Waals surface area (Å²) in [5.41, 5.74) is 1.07. The van der Waals surface area contributed by atoms with Crippen LogP contribution >= 0.6 is 0 Å². The molecular formula is C18H27N5O. The number of hydrogen-bond donors (Lipinski definition) is 2. The zero-order valence-electron chi connectivity index (χ0n) is 14.7. The predicted molar refractivity (Wildman–Crippen MR) is 97.2 cm³/mol. The quantitative estimate of drug-likeness (QED) is 0.576. The van der Waals surface area contributed by atoms with Crippen molar-refractivity contribution in [2.75, 3.05) is 20.2 Å². The number of guanidine groups is 1. The highest BCUT2D eigenvalue weighted by molar-refractivity contribution is 5.79. The fourth-order valence-electron chi connectivity index (χ4n) is 2.40. The Morgan fingerprint density at radius 3 is 2.83 bits per heavy atom. The van der Waals surface area contributed by atoms with Gasteiger partial charge >= 0.3 is 0 Å². The molecule has 2 rings (SSSR count). The van der Waals surface area contributed by atoms with Crippen LogP contribution < -0.4 is 15.4 Å². The Bertz CT molecular complexity index is 624. The minimum absolute atomic E-state index is 0.444. The first-order valence-electron chi connectivity index (χ1n) is 8.34. The maximum Gasteiger partial charge on any atom is 0.191 e. The van der Waals surface area contributed by atoms with Crippen LogP contribution in [0.1, 0.15) is 19.4 Å². The molecule has 2 N–H and O–H groups in total. The second-order valence-electron chi connectivity index (χ2n) is 5.72. The van der Waals surface area contributed by atoms with Gasteiger partial charge in [0, 0.05) is 37.6 Å². The van der Waals surface area contributed by atoms with Crippen molar-refractivity contribution in [2.24, 2.45) is 10.9 Å². The van der Waals surface area contributed by atoms with Gasteiger partial charge in [-0.3, -0.25) is 4.68 Å². The first-order chi connectivity index (χ1) is 11.7. The summed E-state index contributed by atoms with van der Waals surface area (Å²) < 4.78 is 7.32. The number of rotatable bonds is 8. The number of benzene rings is 1. The van der Waals surface area contributed by atoms with Crippen LogP contribution in [0.4, 0.5) is 0 Å². The first-order valence-corrected chi connectivity index (χ1v) is 8.34. The van der Waals surface area contributed by atoms with Gasteiger partial charge in [0.15, 0.2) is 5.96 Å². The molecule has 1 heterocycles. The average molecular weight is 329 g/mol. The average Bonchev–Trinajstić information content (AvgIpc) is 3.10. The van der Waals surface area contributed by atoms with E-state index in [-0.39, 0.29) is 0 Å². The lowest BCUT2D eigenvalue weighted by atomic mass is 10.2. The van der Waals surface area contributed by atoms with Crippen molar-refractivity contribution >= 4 is 5.96 Å². The molecule has 0 bridgehead atoms. The van der Waals surface area contributed by atoms with E-state index in [4.69, 9.17) is 4.74 Å². The molecule has 0 saturated heterocycles. The van der Waals surface area contributed by atoms with E-state index >= 15 is 0 Å². The van der Waals surface area contributed by atoms with Crippen LogP contribution in [-0.2, 0) is 13.1 Å². The van der Waals surface area contributed by atoms with E-state index in [0.29, 0.717) is 12.5 Å². The summed E-state index contributed by atoms with van der Waals surface area (Å²) in [4.78, 5) is 4.65. The van der Waals surface area contributed by atoms with Crippen molar-refractivity contribution < 1.29 is 4.74 Å². The Labute approximate surface area is 143 Å². The molecule has 0 aliphatic heterocycles. The summed E-state index contributed by atoms with van der Waals surface area (Å²) >= 11 is 0. The van der Waals surface area contributed by atoms with Crippen molar-refractivity contribution in [3.8, 4) is 5.75 Å². The van der Waals surface area contributed by atoms with Gasteiger partial charge in [0.05, 0.1) is 13.7 Å². The van der Waals surface area contributed by atoms with Gasteiger partial charge in [-0.2, -0.15) is 5.10 Å². The lowest BCUT2D eigenvalue weighted by molar-refractivity contribution is 0.410. The van der Waals surface area contributed by atoms with Crippen LogP contribution in [0.5, 0.6) is 5.75 Å². The number of methoxy groups -OCH3 is 1. The van der Waals surface area contributed by atoms with Crippen LogP contribution in [0.25, 0.3) is 0 Å². The summed E-state index contributed by atoms with van der Waals surface area (Å²) in [5, 5.41) is 10.9. The molecule has 24 heavy (non-hydrogen) atoms. The lowest BCUT2D eigenvalue weighted by Gasteiger charge is -2.16. The van der Waals surface area contributed by atoms with Gasteiger partial charge in [0.2, 0.25) is 0 Å². The molecule has 1 aromatic carbocycles. The molecule has 2 aromatic rings. The molecule has 0 spiro atoms. The maximum absolute atomic E-state index is 5.37. The highest BCUT2D eigenvalue weighted by atomic mass is 16.5. The van der Waals surface area contributed by atoms with Crippen LogP contribution in [0.3, 0.4) is 0 Å². The fraction of sp³-hybridized carbons (Fsp3) is 0.444. The van der Waals surface area contributed by atoms with Gasteiger partial charge in [0.1, 0.15) is 5.75 Å². The predicted octanol–water partition coefficient (Wildman–Crippen LogP) is 2.28. The molecular weight excluding hydrogens is 302 g/mol. The Kier molecular flexibility index (Phi) is 7.14. The highest BCUT2D eigenvalue weighted by Gasteiger charge is 2.06. The molecule has 0 amide bonds. The monoisotopic (exact) mass is 329 g/mol. The number of aliphatic imine (C=N–C) groups is 1. The van der Waals surface area contributed by atoms with Gasteiger partial charge in [-0.05, 0) is 25.0 Å². The fourth-order valence-corrected chi connectivity index (χ4v) is 2.40. The molecule has 0 saturated carbocycles. The van der Waals surface area contributed by atoms with Crippen molar-refractivity contribution in [2.45, 2.75) is 26.9 Å². The van der Waals surface area contributed by atoms with E-state index in [1.807, 2.05) is 41.2 Å². The molecule has 0 aliphatic carbocycles.